The van der Waals surface area contributed by atoms with Gasteiger partial charge in [0.25, 0.3) is 0 Å². The summed E-state index contributed by atoms with van der Waals surface area (Å²) in [4.78, 5) is 2.63. The van der Waals surface area contributed by atoms with E-state index in [0.29, 0.717) is 18.0 Å². The average molecular weight is 258 g/mol. The number of fused-ring (bicyclic) bond motifs is 3. The Hall–Kier alpha value is -0.860. The van der Waals surface area contributed by atoms with E-state index in [9.17, 15) is 0 Å². The minimum atomic E-state index is 0.492. The first kappa shape index (κ1) is 13.1. The van der Waals surface area contributed by atoms with Crippen LogP contribution in [0, 0.1) is 11.8 Å². The molecule has 2 atom stereocenters. The molecular weight excluding hydrogens is 232 g/mol. The minimum absolute atomic E-state index is 0.492. The van der Waals surface area contributed by atoms with Crippen molar-refractivity contribution in [2.75, 3.05) is 19.6 Å². The molecule has 2 bridgehead atoms. The van der Waals surface area contributed by atoms with Gasteiger partial charge in [-0.25, -0.2) is 0 Å². The smallest absolute Gasteiger partial charge is 0.0346 e. The molecule has 2 heteroatoms. The maximum atomic E-state index is 3.96. The second-order valence-electron chi connectivity index (χ2n) is 6.54. The second-order valence-corrected chi connectivity index (χ2v) is 6.54. The summed E-state index contributed by atoms with van der Waals surface area (Å²) in [5.74, 6) is 1.54. The molecule has 0 spiro atoms. The van der Waals surface area contributed by atoms with Crippen molar-refractivity contribution in [1.82, 2.24) is 10.2 Å². The molecule has 2 unspecified atom stereocenters. The van der Waals surface area contributed by atoms with Gasteiger partial charge in [-0.2, -0.15) is 0 Å². The van der Waals surface area contributed by atoms with E-state index >= 15 is 0 Å². The molecule has 104 valence electrons. The monoisotopic (exact) mass is 258 g/mol. The summed E-state index contributed by atoms with van der Waals surface area (Å²) in [5.41, 5.74) is 1.44. The SMILES string of the molecule is CC(C)C(NC1CN2CCC1CC2)c1ccccc1. The molecule has 3 fully saturated rings. The fraction of sp³-hybridized carbons (Fsp3) is 0.647. The van der Waals surface area contributed by atoms with Crippen molar-refractivity contribution in [2.45, 2.75) is 38.8 Å². The third kappa shape index (κ3) is 2.85. The van der Waals surface area contributed by atoms with E-state index in [4.69, 9.17) is 0 Å². The Morgan fingerprint density at radius 3 is 2.32 bits per heavy atom. The molecule has 1 N–H and O–H groups in total. The van der Waals surface area contributed by atoms with Crippen molar-refractivity contribution in [3.05, 3.63) is 35.9 Å². The third-order valence-electron chi connectivity index (χ3n) is 4.88. The summed E-state index contributed by atoms with van der Waals surface area (Å²) < 4.78 is 0. The molecule has 4 rings (SSSR count). The number of rotatable bonds is 4. The van der Waals surface area contributed by atoms with Crippen LogP contribution >= 0.6 is 0 Å². The van der Waals surface area contributed by atoms with Crippen molar-refractivity contribution >= 4 is 0 Å². The standard InChI is InChI=1S/C17H26N2/c1-13(2)17(15-6-4-3-5-7-15)18-16-12-19-10-8-14(16)9-11-19/h3-7,13-14,16-18H,8-12H2,1-2H3. The third-order valence-corrected chi connectivity index (χ3v) is 4.88. The molecule has 0 aliphatic carbocycles. The lowest BCUT2D eigenvalue weighted by molar-refractivity contribution is 0.0635. The Morgan fingerprint density at radius 2 is 1.79 bits per heavy atom. The summed E-state index contributed by atoms with van der Waals surface area (Å²) >= 11 is 0. The summed E-state index contributed by atoms with van der Waals surface area (Å²) in [6.07, 6.45) is 2.77. The van der Waals surface area contributed by atoms with Crippen LogP contribution in [0.3, 0.4) is 0 Å². The molecule has 1 aromatic rings. The van der Waals surface area contributed by atoms with Gasteiger partial charge in [0.2, 0.25) is 0 Å². The van der Waals surface area contributed by atoms with Crippen LogP contribution in [0.5, 0.6) is 0 Å². The van der Waals surface area contributed by atoms with Crippen LogP contribution in [0.4, 0.5) is 0 Å². The first-order chi connectivity index (χ1) is 9.24. The van der Waals surface area contributed by atoms with Gasteiger partial charge in [0.05, 0.1) is 0 Å². The van der Waals surface area contributed by atoms with Crippen LogP contribution in [0.25, 0.3) is 0 Å². The molecule has 0 saturated carbocycles. The topological polar surface area (TPSA) is 15.3 Å². The Balaban J connectivity index is 1.72. The Kier molecular flexibility index (Phi) is 3.90. The minimum Gasteiger partial charge on any atom is -0.305 e. The van der Waals surface area contributed by atoms with Gasteiger partial charge in [0.1, 0.15) is 0 Å². The Morgan fingerprint density at radius 1 is 1.11 bits per heavy atom. The highest BCUT2D eigenvalue weighted by molar-refractivity contribution is 5.20. The van der Waals surface area contributed by atoms with Crippen LogP contribution in [-0.2, 0) is 0 Å². The van der Waals surface area contributed by atoms with Gasteiger partial charge < -0.3 is 10.2 Å². The molecule has 19 heavy (non-hydrogen) atoms. The molecule has 3 aliphatic rings. The molecule has 2 nitrogen and oxygen atoms in total. The van der Waals surface area contributed by atoms with E-state index in [1.807, 2.05) is 0 Å². The number of nitrogens with one attached hydrogen (secondary N) is 1. The molecule has 0 amide bonds. The summed E-state index contributed by atoms with van der Waals surface area (Å²) in [6, 6.07) is 12.1. The number of hydrogen-bond acceptors (Lipinski definition) is 2. The van der Waals surface area contributed by atoms with Crippen LogP contribution < -0.4 is 5.32 Å². The fourth-order valence-electron chi connectivity index (χ4n) is 3.72. The molecule has 0 aromatic heterocycles. The number of benzene rings is 1. The molecule has 0 radical (unpaired) electrons. The van der Waals surface area contributed by atoms with Gasteiger partial charge in [0.15, 0.2) is 0 Å². The van der Waals surface area contributed by atoms with Crippen LogP contribution in [0.15, 0.2) is 30.3 Å². The van der Waals surface area contributed by atoms with E-state index in [-0.39, 0.29) is 0 Å². The first-order valence-electron chi connectivity index (χ1n) is 7.77. The molecule has 3 aliphatic heterocycles. The lowest BCUT2D eigenvalue weighted by atomic mass is 9.82. The predicted octanol–water partition coefficient (Wildman–Crippen LogP) is 3.07. The van der Waals surface area contributed by atoms with Gasteiger partial charge in [-0.3, -0.25) is 0 Å². The van der Waals surface area contributed by atoms with Crippen LogP contribution in [-0.4, -0.2) is 30.6 Å². The van der Waals surface area contributed by atoms with Crippen molar-refractivity contribution in [1.29, 1.82) is 0 Å². The molecule has 3 saturated heterocycles. The van der Waals surface area contributed by atoms with E-state index in [0.717, 1.165) is 5.92 Å². The van der Waals surface area contributed by atoms with Crippen molar-refractivity contribution in [3.63, 3.8) is 0 Å². The quantitative estimate of drug-likeness (QED) is 0.893. The van der Waals surface area contributed by atoms with E-state index in [1.165, 1.54) is 38.0 Å². The van der Waals surface area contributed by atoms with Crippen molar-refractivity contribution in [2.24, 2.45) is 11.8 Å². The number of hydrogen-bond donors (Lipinski definition) is 1. The predicted molar refractivity (Wildman–Crippen MR) is 80.1 cm³/mol. The van der Waals surface area contributed by atoms with Crippen molar-refractivity contribution < 1.29 is 0 Å². The fourth-order valence-corrected chi connectivity index (χ4v) is 3.72. The number of piperidine rings is 3. The normalized spacial score (nSPS) is 31.6. The van der Waals surface area contributed by atoms with Gasteiger partial charge in [-0.1, -0.05) is 44.2 Å². The van der Waals surface area contributed by atoms with Crippen molar-refractivity contribution in [3.8, 4) is 0 Å². The van der Waals surface area contributed by atoms with Gasteiger partial charge in [0, 0.05) is 18.6 Å². The molecule has 3 heterocycles. The zero-order valence-corrected chi connectivity index (χ0v) is 12.2. The van der Waals surface area contributed by atoms with Gasteiger partial charge >= 0.3 is 0 Å². The lowest BCUT2D eigenvalue weighted by Gasteiger charge is -2.46. The first-order valence-corrected chi connectivity index (χ1v) is 7.77. The maximum Gasteiger partial charge on any atom is 0.0346 e. The highest BCUT2D eigenvalue weighted by Gasteiger charge is 2.35. The van der Waals surface area contributed by atoms with E-state index in [1.54, 1.807) is 0 Å². The maximum absolute atomic E-state index is 3.96. The molecule has 1 aromatic carbocycles. The lowest BCUT2D eigenvalue weighted by Crippen LogP contribution is -2.57. The zero-order valence-electron chi connectivity index (χ0n) is 12.2. The largest absolute Gasteiger partial charge is 0.305 e. The number of nitrogens with zero attached hydrogens (tertiary/aromatic N) is 1. The van der Waals surface area contributed by atoms with E-state index in [2.05, 4.69) is 54.4 Å². The summed E-state index contributed by atoms with van der Waals surface area (Å²) in [6.45, 7) is 8.54. The summed E-state index contributed by atoms with van der Waals surface area (Å²) in [7, 11) is 0. The van der Waals surface area contributed by atoms with Gasteiger partial charge in [-0.05, 0) is 43.3 Å². The molecular formula is C17H26N2. The second kappa shape index (κ2) is 5.64. The highest BCUT2D eigenvalue weighted by Crippen LogP contribution is 2.31. The van der Waals surface area contributed by atoms with Crippen LogP contribution in [0.2, 0.25) is 0 Å². The average Bonchev–Trinajstić information content (AvgIpc) is 2.46. The van der Waals surface area contributed by atoms with Gasteiger partial charge in [-0.15, -0.1) is 0 Å². The van der Waals surface area contributed by atoms with Crippen LogP contribution in [0.1, 0.15) is 38.3 Å². The Labute approximate surface area is 117 Å². The zero-order chi connectivity index (χ0) is 13.2. The Bertz CT molecular complexity index is 393. The summed E-state index contributed by atoms with van der Waals surface area (Å²) in [5, 5.41) is 3.96. The highest BCUT2D eigenvalue weighted by atomic mass is 15.2. The van der Waals surface area contributed by atoms with E-state index < -0.39 is 0 Å².